The Hall–Kier alpha value is -0.500. The van der Waals surface area contributed by atoms with Crippen molar-refractivity contribution in [2.24, 2.45) is 5.92 Å². The molecule has 16 heavy (non-hydrogen) atoms. The van der Waals surface area contributed by atoms with Gasteiger partial charge in [-0.3, -0.25) is 0 Å². The minimum Gasteiger partial charge on any atom is -0.494 e. The molecule has 0 aliphatic carbocycles. The quantitative estimate of drug-likeness (QED) is 0.722. The summed E-state index contributed by atoms with van der Waals surface area (Å²) in [6.07, 6.45) is 0. The maximum Gasteiger partial charge on any atom is 0.119 e. The summed E-state index contributed by atoms with van der Waals surface area (Å²) in [4.78, 5) is 0. The van der Waals surface area contributed by atoms with Crippen LogP contribution in [0, 0.1) is 12.8 Å². The molecule has 0 aliphatic rings. The Morgan fingerprint density at radius 1 is 1.31 bits per heavy atom. The number of alkyl halides is 1. The molecule has 0 fully saturated rings. The molecule has 2 atom stereocenters. The molecule has 0 N–H and O–H groups in total. The second-order valence-electron chi connectivity index (χ2n) is 4.37. The highest BCUT2D eigenvalue weighted by Crippen LogP contribution is 2.30. The molecule has 0 aliphatic heterocycles. The van der Waals surface area contributed by atoms with Gasteiger partial charge in [-0.1, -0.05) is 35.8 Å². The van der Waals surface area contributed by atoms with Gasteiger partial charge >= 0.3 is 0 Å². The fraction of sp³-hybridized carbons (Fsp3) is 0.571. The van der Waals surface area contributed by atoms with Crippen LogP contribution in [0.25, 0.3) is 0 Å². The number of benzene rings is 1. The van der Waals surface area contributed by atoms with E-state index in [-0.39, 0.29) is 0 Å². The van der Waals surface area contributed by atoms with Crippen molar-refractivity contribution in [2.45, 2.75) is 33.6 Å². The topological polar surface area (TPSA) is 9.23 Å². The van der Waals surface area contributed by atoms with Gasteiger partial charge in [-0.05, 0) is 48.9 Å². The van der Waals surface area contributed by atoms with E-state index < -0.39 is 0 Å². The number of hydrogen-bond donors (Lipinski definition) is 0. The van der Waals surface area contributed by atoms with E-state index in [1.165, 1.54) is 11.1 Å². The summed E-state index contributed by atoms with van der Waals surface area (Å²) in [7, 11) is 0. The van der Waals surface area contributed by atoms with Crippen molar-refractivity contribution in [1.82, 2.24) is 0 Å². The molecule has 2 unspecified atom stereocenters. The predicted octanol–water partition coefficient (Wildman–Crippen LogP) is 4.53. The Balaban J connectivity index is 2.89. The van der Waals surface area contributed by atoms with Crippen LogP contribution >= 0.6 is 15.9 Å². The van der Waals surface area contributed by atoms with Crippen molar-refractivity contribution < 1.29 is 4.74 Å². The van der Waals surface area contributed by atoms with E-state index in [0.717, 1.165) is 17.7 Å². The van der Waals surface area contributed by atoms with Crippen LogP contribution in [0.1, 0.15) is 37.8 Å². The first-order valence-corrected chi connectivity index (χ1v) is 7.01. The molecule has 0 radical (unpaired) electrons. The first-order chi connectivity index (χ1) is 7.60. The first-order valence-electron chi connectivity index (χ1n) is 5.89. The molecule has 0 saturated heterocycles. The fourth-order valence-electron chi connectivity index (χ4n) is 1.86. The summed E-state index contributed by atoms with van der Waals surface area (Å²) in [5, 5.41) is 1.04. The average Bonchev–Trinajstić information content (AvgIpc) is 2.28. The molecule has 0 saturated carbocycles. The lowest BCUT2D eigenvalue weighted by Gasteiger charge is -2.20. The third-order valence-electron chi connectivity index (χ3n) is 3.14. The van der Waals surface area contributed by atoms with Crippen molar-refractivity contribution >= 4 is 15.9 Å². The average molecular weight is 285 g/mol. The van der Waals surface area contributed by atoms with Crippen molar-refractivity contribution in [3.05, 3.63) is 29.3 Å². The monoisotopic (exact) mass is 284 g/mol. The Kier molecular flexibility index (Phi) is 5.33. The smallest absolute Gasteiger partial charge is 0.119 e. The van der Waals surface area contributed by atoms with Crippen LogP contribution in [0.5, 0.6) is 5.75 Å². The maximum absolute atomic E-state index is 5.50. The summed E-state index contributed by atoms with van der Waals surface area (Å²) >= 11 is 3.55. The fourth-order valence-corrected chi connectivity index (χ4v) is 2.42. The van der Waals surface area contributed by atoms with Gasteiger partial charge in [0.25, 0.3) is 0 Å². The van der Waals surface area contributed by atoms with E-state index in [0.29, 0.717) is 11.8 Å². The lowest BCUT2D eigenvalue weighted by molar-refractivity contribution is 0.339. The van der Waals surface area contributed by atoms with Crippen LogP contribution in [0.15, 0.2) is 18.2 Å². The zero-order valence-corrected chi connectivity index (χ0v) is 12.2. The van der Waals surface area contributed by atoms with Gasteiger partial charge < -0.3 is 4.74 Å². The zero-order valence-electron chi connectivity index (χ0n) is 10.6. The van der Waals surface area contributed by atoms with Crippen LogP contribution in [-0.2, 0) is 0 Å². The molecule has 1 nitrogen and oxygen atoms in total. The predicted molar refractivity (Wildman–Crippen MR) is 73.7 cm³/mol. The van der Waals surface area contributed by atoms with Gasteiger partial charge in [0.1, 0.15) is 5.75 Å². The van der Waals surface area contributed by atoms with Gasteiger partial charge in [-0.25, -0.2) is 0 Å². The molecular formula is C14H21BrO. The highest BCUT2D eigenvalue weighted by Gasteiger charge is 2.15. The van der Waals surface area contributed by atoms with E-state index in [1.54, 1.807) is 0 Å². The van der Waals surface area contributed by atoms with Gasteiger partial charge in [-0.15, -0.1) is 0 Å². The number of rotatable bonds is 5. The normalized spacial score (nSPS) is 14.6. The van der Waals surface area contributed by atoms with Gasteiger partial charge in [0.05, 0.1) is 6.61 Å². The van der Waals surface area contributed by atoms with Crippen LogP contribution in [-0.4, -0.2) is 11.9 Å². The maximum atomic E-state index is 5.50. The SMILES string of the molecule is CCOc1ccc(C(C)C(C)CBr)c(C)c1. The van der Waals surface area contributed by atoms with E-state index in [2.05, 4.69) is 54.9 Å². The molecule has 0 heterocycles. The summed E-state index contributed by atoms with van der Waals surface area (Å²) < 4.78 is 5.50. The minimum atomic E-state index is 0.579. The summed E-state index contributed by atoms with van der Waals surface area (Å²) in [5.41, 5.74) is 2.75. The molecular weight excluding hydrogens is 264 g/mol. The number of halogens is 1. The number of ether oxygens (including phenoxy) is 1. The molecule has 0 amide bonds. The van der Waals surface area contributed by atoms with Crippen LogP contribution < -0.4 is 4.74 Å². The standard InChI is InChI=1S/C14H21BrO/c1-5-16-13-6-7-14(10(2)8-13)12(4)11(3)9-15/h6-8,11-12H,5,9H2,1-4H3. The number of hydrogen-bond acceptors (Lipinski definition) is 1. The van der Waals surface area contributed by atoms with E-state index >= 15 is 0 Å². The van der Waals surface area contributed by atoms with Gasteiger partial charge in [0, 0.05) is 5.33 Å². The Morgan fingerprint density at radius 2 is 2.00 bits per heavy atom. The largest absolute Gasteiger partial charge is 0.494 e. The second kappa shape index (κ2) is 6.29. The Bertz CT molecular complexity index is 336. The molecule has 1 aromatic rings. The zero-order chi connectivity index (χ0) is 12.1. The third-order valence-corrected chi connectivity index (χ3v) is 4.16. The van der Waals surface area contributed by atoms with Gasteiger partial charge in [0.15, 0.2) is 0 Å². The number of aryl methyl sites for hydroxylation is 1. The molecule has 1 aromatic carbocycles. The summed E-state index contributed by atoms with van der Waals surface area (Å²) in [5.74, 6) is 2.20. The molecule has 1 rings (SSSR count). The Labute approximate surface area is 107 Å². The second-order valence-corrected chi connectivity index (χ2v) is 5.02. The van der Waals surface area contributed by atoms with Crippen molar-refractivity contribution in [1.29, 1.82) is 0 Å². The van der Waals surface area contributed by atoms with Gasteiger partial charge in [-0.2, -0.15) is 0 Å². The highest BCUT2D eigenvalue weighted by atomic mass is 79.9. The van der Waals surface area contributed by atoms with E-state index in [1.807, 2.05) is 6.92 Å². The lowest BCUT2D eigenvalue weighted by Crippen LogP contribution is -2.09. The van der Waals surface area contributed by atoms with Crippen LogP contribution in [0.4, 0.5) is 0 Å². The first kappa shape index (κ1) is 13.6. The van der Waals surface area contributed by atoms with Gasteiger partial charge in [0.2, 0.25) is 0 Å². The molecule has 0 spiro atoms. The molecule has 90 valence electrons. The summed E-state index contributed by atoms with van der Waals surface area (Å²) in [6, 6.07) is 6.41. The molecule has 2 heteroatoms. The Morgan fingerprint density at radius 3 is 2.50 bits per heavy atom. The molecule has 0 bridgehead atoms. The van der Waals surface area contributed by atoms with E-state index in [4.69, 9.17) is 4.74 Å². The van der Waals surface area contributed by atoms with Crippen molar-refractivity contribution in [2.75, 3.05) is 11.9 Å². The van der Waals surface area contributed by atoms with Crippen LogP contribution in [0.3, 0.4) is 0 Å². The lowest BCUT2D eigenvalue weighted by atomic mass is 9.87. The highest BCUT2D eigenvalue weighted by molar-refractivity contribution is 9.09. The minimum absolute atomic E-state index is 0.579. The molecule has 0 aromatic heterocycles. The van der Waals surface area contributed by atoms with Crippen molar-refractivity contribution in [3.8, 4) is 5.75 Å². The van der Waals surface area contributed by atoms with Crippen molar-refractivity contribution in [3.63, 3.8) is 0 Å². The van der Waals surface area contributed by atoms with Crippen LogP contribution in [0.2, 0.25) is 0 Å². The van der Waals surface area contributed by atoms with E-state index in [9.17, 15) is 0 Å². The summed E-state index contributed by atoms with van der Waals surface area (Å²) in [6.45, 7) is 9.46. The third kappa shape index (κ3) is 3.24.